The average Bonchev–Trinajstić information content (AvgIpc) is 2.29. The lowest BCUT2D eigenvalue weighted by molar-refractivity contribution is 0.464. The summed E-state index contributed by atoms with van der Waals surface area (Å²) in [5.41, 5.74) is 6.05. The van der Waals surface area contributed by atoms with Crippen LogP contribution in [-0.2, 0) is 0 Å². The molecule has 0 fully saturated rings. The van der Waals surface area contributed by atoms with E-state index in [1.54, 1.807) is 18.2 Å². The van der Waals surface area contributed by atoms with Gasteiger partial charge in [0.1, 0.15) is 17.2 Å². The maximum absolute atomic E-state index is 9.14. The van der Waals surface area contributed by atoms with Gasteiger partial charge < -0.3 is 15.6 Å². The number of phenolic OH excluding ortho intramolecular Hbond substituents is 1. The molecule has 0 radical (unpaired) electrons. The summed E-state index contributed by atoms with van der Waals surface area (Å²) in [4.78, 5) is 0. The van der Waals surface area contributed by atoms with Crippen molar-refractivity contribution in [2.45, 2.75) is 0 Å². The minimum absolute atomic E-state index is 0.166. The van der Waals surface area contributed by atoms with Crippen LogP contribution in [0.25, 0.3) is 0 Å². The molecule has 0 aromatic heterocycles. The van der Waals surface area contributed by atoms with Gasteiger partial charge in [-0.15, -0.1) is 0 Å². The number of rotatable bonds is 2. The van der Waals surface area contributed by atoms with Crippen LogP contribution in [-0.4, -0.2) is 5.11 Å². The maximum atomic E-state index is 9.14. The molecule has 3 nitrogen and oxygen atoms in total. The Balaban J connectivity index is 2.30. The van der Waals surface area contributed by atoms with Gasteiger partial charge in [-0.05, 0) is 30.3 Å². The van der Waals surface area contributed by atoms with E-state index in [2.05, 4.69) is 0 Å². The molecular formula is C12H9Cl2NO2. The van der Waals surface area contributed by atoms with Crippen molar-refractivity contribution in [2.75, 3.05) is 5.73 Å². The number of anilines is 1. The van der Waals surface area contributed by atoms with Gasteiger partial charge in [0.05, 0.1) is 15.7 Å². The van der Waals surface area contributed by atoms with Crippen molar-refractivity contribution in [1.29, 1.82) is 0 Å². The maximum Gasteiger partial charge on any atom is 0.148 e. The fourth-order valence-electron chi connectivity index (χ4n) is 1.26. The Labute approximate surface area is 108 Å². The lowest BCUT2D eigenvalue weighted by Crippen LogP contribution is -1.90. The summed E-state index contributed by atoms with van der Waals surface area (Å²) in [5.74, 6) is 1.13. The molecule has 17 heavy (non-hydrogen) atoms. The highest BCUT2D eigenvalue weighted by atomic mass is 35.5. The number of phenols is 1. The van der Waals surface area contributed by atoms with Crippen LogP contribution in [0.2, 0.25) is 10.0 Å². The van der Waals surface area contributed by atoms with Crippen molar-refractivity contribution in [3.8, 4) is 17.2 Å². The van der Waals surface area contributed by atoms with Crippen molar-refractivity contribution in [1.82, 2.24) is 0 Å². The van der Waals surface area contributed by atoms with Crippen LogP contribution in [0.3, 0.4) is 0 Å². The molecule has 0 spiro atoms. The molecule has 2 aromatic rings. The van der Waals surface area contributed by atoms with Crippen molar-refractivity contribution in [3.63, 3.8) is 0 Å². The van der Waals surface area contributed by atoms with Gasteiger partial charge in [0.25, 0.3) is 0 Å². The van der Waals surface area contributed by atoms with Gasteiger partial charge in [-0.25, -0.2) is 0 Å². The Morgan fingerprint density at radius 1 is 1.00 bits per heavy atom. The van der Waals surface area contributed by atoms with Crippen LogP contribution in [0.5, 0.6) is 17.2 Å². The number of hydrogen-bond donors (Lipinski definition) is 2. The van der Waals surface area contributed by atoms with Crippen LogP contribution in [0.1, 0.15) is 0 Å². The van der Waals surface area contributed by atoms with E-state index in [-0.39, 0.29) is 5.75 Å². The highest BCUT2D eigenvalue weighted by Gasteiger charge is 2.07. The van der Waals surface area contributed by atoms with E-state index >= 15 is 0 Å². The van der Waals surface area contributed by atoms with Gasteiger partial charge in [0.15, 0.2) is 0 Å². The summed E-state index contributed by atoms with van der Waals surface area (Å²) in [6, 6.07) is 9.35. The van der Waals surface area contributed by atoms with Crippen LogP contribution >= 0.6 is 23.2 Å². The highest BCUT2D eigenvalue weighted by molar-refractivity contribution is 6.37. The quantitative estimate of drug-likeness (QED) is 0.808. The van der Waals surface area contributed by atoms with Crippen LogP contribution in [0.15, 0.2) is 36.4 Å². The fraction of sp³-hybridized carbons (Fsp3) is 0. The predicted molar refractivity (Wildman–Crippen MR) is 69.1 cm³/mol. The summed E-state index contributed by atoms with van der Waals surface area (Å²) >= 11 is 11.8. The van der Waals surface area contributed by atoms with Crippen molar-refractivity contribution >= 4 is 28.9 Å². The van der Waals surface area contributed by atoms with Crippen molar-refractivity contribution < 1.29 is 9.84 Å². The Hall–Kier alpha value is -1.58. The lowest BCUT2D eigenvalue weighted by Gasteiger charge is -2.09. The van der Waals surface area contributed by atoms with Crippen LogP contribution < -0.4 is 10.5 Å². The lowest BCUT2D eigenvalue weighted by atomic mass is 10.3. The second kappa shape index (κ2) is 4.73. The monoisotopic (exact) mass is 269 g/mol. The minimum atomic E-state index is 0.166. The second-order valence-electron chi connectivity index (χ2n) is 3.40. The van der Waals surface area contributed by atoms with E-state index < -0.39 is 0 Å². The largest absolute Gasteiger partial charge is 0.508 e. The predicted octanol–water partition coefficient (Wildman–Crippen LogP) is 4.07. The van der Waals surface area contributed by atoms with Gasteiger partial charge in [-0.2, -0.15) is 0 Å². The smallest absolute Gasteiger partial charge is 0.148 e. The molecule has 3 N–H and O–H groups in total. The first kappa shape index (κ1) is 11.9. The molecule has 0 saturated heterocycles. The van der Waals surface area contributed by atoms with Gasteiger partial charge in [-0.1, -0.05) is 23.2 Å². The minimum Gasteiger partial charge on any atom is -0.508 e. The first-order valence-electron chi connectivity index (χ1n) is 4.77. The van der Waals surface area contributed by atoms with Gasteiger partial charge in [-0.3, -0.25) is 0 Å². The highest BCUT2D eigenvalue weighted by Crippen LogP contribution is 2.35. The Morgan fingerprint density at radius 3 is 2.29 bits per heavy atom. The zero-order valence-corrected chi connectivity index (χ0v) is 10.2. The van der Waals surface area contributed by atoms with E-state index in [1.807, 2.05) is 0 Å². The molecule has 88 valence electrons. The van der Waals surface area contributed by atoms with E-state index in [0.29, 0.717) is 27.2 Å². The number of aromatic hydroxyl groups is 1. The molecule has 0 aliphatic rings. The molecule has 0 heterocycles. The second-order valence-corrected chi connectivity index (χ2v) is 4.21. The summed E-state index contributed by atoms with van der Waals surface area (Å²) in [6.07, 6.45) is 0. The molecule has 2 aromatic carbocycles. The molecule has 0 bridgehead atoms. The molecule has 0 aliphatic heterocycles. The molecule has 0 aliphatic carbocycles. The summed E-state index contributed by atoms with van der Waals surface area (Å²) < 4.78 is 5.52. The topological polar surface area (TPSA) is 55.5 Å². The Bertz CT molecular complexity index is 541. The third kappa shape index (κ3) is 2.75. The number of nitrogen functional groups attached to an aromatic ring is 1. The third-order valence-electron chi connectivity index (χ3n) is 2.12. The van der Waals surface area contributed by atoms with E-state index in [0.717, 1.165) is 0 Å². The number of hydrogen-bond acceptors (Lipinski definition) is 3. The zero-order valence-electron chi connectivity index (χ0n) is 8.65. The Morgan fingerprint density at radius 2 is 1.65 bits per heavy atom. The molecule has 0 amide bonds. The molecule has 0 unspecified atom stereocenters. The zero-order chi connectivity index (χ0) is 12.4. The Kier molecular flexibility index (Phi) is 3.31. The number of ether oxygens (including phenoxy) is 1. The molecular weight excluding hydrogens is 261 g/mol. The summed E-state index contributed by atoms with van der Waals surface area (Å²) in [5, 5.41) is 9.89. The first-order valence-corrected chi connectivity index (χ1v) is 5.53. The van der Waals surface area contributed by atoms with E-state index in [9.17, 15) is 0 Å². The van der Waals surface area contributed by atoms with Gasteiger partial charge in [0, 0.05) is 6.07 Å². The number of nitrogens with two attached hydrogens (primary N) is 1. The van der Waals surface area contributed by atoms with Crippen molar-refractivity contribution in [2.24, 2.45) is 0 Å². The third-order valence-corrected chi connectivity index (χ3v) is 2.74. The number of benzene rings is 2. The molecule has 0 saturated carbocycles. The van der Waals surface area contributed by atoms with E-state index in [4.69, 9.17) is 38.8 Å². The summed E-state index contributed by atoms with van der Waals surface area (Å²) in [7, 11) is 0. The number of halogens is 2. The van der Waals surface area contributed by atoms with Gasteiger partial charge >= 0.3 is 0 Å². The SMILES string of the molecule is Nc1cc(Oc2ccc(O)cc2)c(Cl)cc1Cl. The van der Waals surface area contributed by atoms with Crippen molar-refractivity contribution in [3.05, 3.63) is 46.4 Å². The van der Waals surface area contributed by atoms with Crippen LogP contribution in [0, 0.1) is 0 Å². The van der Waals surface area contributed by atoms with Gasteiger partial charge in [0.2, 0.25) is 0 Å². The molecule has 0 atom stereocenters. The molecule has 5 heteroatoms. The average molecular weight is 270 g/mol. The molecule has 2 rings (SSSR count). The first-order chi connectivity index (χ1) is 8.06. The van der Waals surface area contributed by atoms with E-state index in [1.165, 1.54) is 18.2 Å². The summed E-state index contributed by atoms with van der Waals surface area (Å²) in [6.45, 7) is 0. The standard InChI is InChI=1S/C12H9Cl2NO2/c13-9-5-10(14)12(6-11(9)15)17-8-3-1-7(16)2-4-8/h1-6,16H,15H2. The van der Waals surface area contributed by atoms with Crippen LogP contribution in [0.4, 0.5) is 5.69 Å². The normalized spacial score (nSPS) is 10.2. The fourth-order valence-corrected chi connectivity index (χ4v) is 1.69.